The molecule has 0 aliphatic carbocycles. The molecular formula is C22H36N2O5Si. The van der Waals surface area contributed by atoms with Crippen LogP contribution in [0.4, 0.5) is 4.79 Å². The van der Waals surface area contributed by atoms with Crippen LogP contribution in [0.25, 0.3) is 0 Å². The van der Waals surface area contributed by atoms with Gasteiger partial charge in [-0.3, -0.25) is 4.79 Å². The zero-order valence-electron chi connectivity index (χ0n) is 19.0. The Balaban J connectivity index is 2.29. The van der Waals surface area contributed by atoms with Crippen molar-refractivity contribution in [3.63, 3.8) is 0 Å². The van der Waals surface area contributed by atoms with Crippen molar-refractivity contribution < 1.29 is 24.2 Å². The Morgan fingerprint density at radius 3 is 2.40 bits per heavy atom. The molecule has 1 aliphatic rings. The largest absolute Gasteiger partial charge is 0.444 e. The van der Waals surface area contributed by atoms with Crippen LogP contribution in [0, 0.1) is 0 Å². The molecule has 0 spiro atoms. The van der Waals surface area contributed by atoms with Gasteiger partial charge in [0.15, 0.2) is 0 Å². The van der Waals surface area contributed by atoms with Crippen molar-refractivity contribution >= 4 is 25.3 Å². The van der Waals surface area contributed by atoms with Crippen molar-refractivity contribution in [1.82, 2.24) is 10.2 Å². The van der Waals surface area contributed by atoms with Crippen LogP contribution in [-0.2, 0) is 14.3 Å². The topological polar surface area (TPSA) is 88.1 Å². The lowest BCUT2D eigenvalue weighted by Crippen LogP contribution is -2.64. The second-order valence-corrected chi connectivity index (χ2v) is 14.1. The fraction of sp³-hybridized carbons (Fsp3) is 0.636. The van der Waals surface area contributed by atoms with Gasteiger partial charge in [-0.1, -0.05) is 48.6 Å². The number of aliphatic hydroxyl groups is 1. The van der Waals surface area contributed by atoms with Crippen LogP contribution in [-0.4, -0.2) is 73.8 Å². The maximum Gasteiger partial charge on any atom is 0.408 e. The van der Waals surface area contributed by atoms with Gasteiger partial charge in [-0.25, -0.2) is 4.79 Å². The Bertz CT molecular complexity index is 720. The zero-order valence-corrected chi connectivity index (χ0v) is 20.0. The first kappa shape index (κ1) is 24.4. The van der Waals surface area contributed by atoms with Gasteiger partial charge in [0.05, 0.1) is 19.3 Å². The third kappa shape index (κ3) is 5.83. The number of alkyl carbamates (subject to hydrolysis) is 1. The summed E-state index contributed by atoms with van der Waals surface area (Å²) in [5.41, 5.74) is -0.647. The second kappa shape index (κ2) is 9.94. The van der Waals surface area contributed by atoms with E-state index in [1.165, 1.54) is 5.19 Å². The number of amides is 2. The molecule has 168 valence electrons. The van der Waals surface area contributed by atoms with E-state index in [9.17, 15) is 14.7 Å². The number of nitrogens with zero attached hydrogens (tertiary/aromatic N) is 1. The number of aliphatic hydroxyl groups excluding tert-OH is 1. The summed E-state index contributed by atoms with van der Waals surface area (Å²) in [5, 5.41) is 13.7. The molecule has 2 amide bonds. The van der Waals surface area contributed by atoms with Crippen molar-refractivity contribution in [2.75, 3.05) is 20.3 Å². The van der Waals surface area contributed by atoms with Crippen LogP contribution < -0.4 is 10.5 Å². The summed E-state index contributed by atoms with van der Waals surface area (Å²) in [7, 11) is -0.433. The number of hydrogen-bond acceptors (Lipinski definition) is 5. The Kier molecular flexibility index (Phi) is 8.07. The SMILES string of the molecule is COC[C@@H]1CCC([Si](C)(C)c2ccccc2)N1C(=O)[C@H](CO)NC(=O)OC(C)(C)C. The second-order valence-electron chi connectivity index (χ2n) is 9.42. The van der Waals surface area contributed by atoms with E-state index in [4.69, 9.17) is 9.47 Å². The highest BCUT2D eigenvalue weighted by Gasteiger charge is 2.48. The third-order valence-electron chi connectivity index (χ3n) is 5.64. The number of methoxy groups -OCH3 is 1. The van der Waals surface area contributed by atoms with Gasteiger partial charge in [0.2, 0.25) is 5.91 Å². The molecule has 8 heteroatoms. The zero-order chi connectivity index (χ0) is 22.5. The van der Waals surface area contributed by atoms with E-state index in [2.05, 4.69) is 30.5 Å². The minimum Gasteiger partial charge on any atom is -0.444 e. The lowest BCUT2D eigenvalue weighted by atomic mass is 10.2. The Hall–Kier alpha value is -1.90. The molecule has 1 fully saturated rings. The van der Waals surface area contributed by atoms with Crippen molar-refractivity contribution in [1.29, 1.82) is 0 Å². The summed E-state index contributed by atoms with van der Waals surface area (Å²) in [6.07, 6.45) is 0.991. The smallest absolute Gasteiger partial charge is 0.408 e. The van der Waals surface area contributed by atoms with Gasteiger partial charge in [-0.2, -0.15) is 0 Å². The molecule has 7 nitrogen and oxygen atoms in total. The third-order valence-corrected chi connectivity index (χ3v) is 9.69. The summed E-state index contributed by atoms with van der Waals surface area (Å²) < 4.78 is 10.7. The molecule has 30 heavy (non-hydrogen) atoms. The number of rotatable bonds is 7. The predicted molar refractivity (Wildman–Crippen MR) is 119 cm³/mol. The molecule has 2 N–H and O–H groups in total. The molecule has 2 rings (SSSR count). The van der Waals surface area contributed by atoms with Crippen molar-refractivity contribution in [3.05, 3.63) is 30.3 Å². The summed E-state index contributed by atoms with van der Waals surface area (Å²) >= 11 is 0. The Labute approximate surface area is 180 Å². The molecule has 0 aromatic heterocycles. The molecule has 0 radical (unpaired) electrons. The van der Waals surface area contributed by atoms with Gasteiger partial charge < -0.3 is 24.8 Å². The fourth-order valence-corrected chi connectivity index (χ4v) is 7.51. The first-order chi connectivity index (χ1) is 14.0. The van der Waals surface area contributed by atoms with Gasteiger partial charge in [-0.15, -0.1) is 0 Å². The summed E-state index contributed by atoms with van der Waals surface area (Å²) in [6.45, 7) is 9.71. The Morgan fingerprint density at radius 1 is 1.23 bits per heavy atom. The van der Waals surface area contributed by atoms with Gasteiger partial charge in [0.1, 0.15) is 19.7 Å². The van der Waals surface area contributed by atoms with Crippen LogP contribution in [0.2, 0.25) is 13.1 Å². The molecule has 1 saturated heterocycles. The average Bonchev–Trinajstić information content (AvgIpc) is 3.09. The normalized spacial score (nSPS) is 20.7. The number of likely N-dealkylation sites (tertiary alicyclic amines) is 1. The monoisotopic (exact) mass is 436 g/mol. The van der Waals surface area contributed by atoms with Crippen LogP contribution in [0.3, 0.4) is 0 Å². The molecular weight excluding hydrogens is 400 g/mol. The molecule has 0 bridgehead atoms. The van der Waals surface area contributed by atoms with Crippen molar-refractivity contribution in [3.8, 4) is 0 Å². The summed E-state index contributed by atoms with van der Waals surface area (Å²) in [4.78, 5) is 27.6. The van der Waals surface area contributed by atoms with Crippen LogP contribution in [0.5, 0.6) is 0 Å². The van der Waals surface area contributed by atoms with Gasteiger partial charge in [-0.05, 0) is 33.6 Å². The minimum atomic E-state index is -2.06. The van der Waals surface area contributed by atoms with E-state index >= 15 is 0 Å². The number of carbonyl (C=O) groups excluding carboxylic acids is 2. The fourth-order valence-electron chi connectivity index (χ4n) is 4.16. The maximum atomic E-state index is 13.5. The number of nitrogens with one attached hydrogen (secondary N) is 1. The van der Waals surface area contributed by atoms with Crippen LogP contribution in [0.1, 0.15) is 33.6 Å². The molecule has 1 aromatic carbocycles. The average molecular weight is 437 g/mol. The molecule has 1 aromatic rings. The molecule has 0 saturated carbocycles. The lowest BCUT2D eigenvalue weighted by Gasteiger charge is -2.40. The molecule has 1 aliphatic heterocycles. The van der Waals surface area contributed by atoms with Gasteiger partial charge >= 0.3 is 6.09 Å². The molecule has 1 heterocycles. The highest BCUT2D eigenvalue weighted by atomic mass is 28.3. The van der Waals surface area contributed by atoms with E-state index in [1.807, 2.05) is 23.1 Å². The van der Waals surface area contributed by atoms with Crippen molar-refractivity contribution in [2.24, 2.45) is 0 Å². The first-order valence-corrected chi connectivity index (χ1v) is 13.6. The van der Waals surface area contributed by atoms with E-state index in [0.717, 1.165) is 12.8 Å². The molecule has 3 atom stereocenters. The first-order valence-electron chi connectivity index (χ1n) is 10.5. The number of ether oxygens (including phenoxy) is 2. The van der Waals surface area contributed by atoms with E-state index < -0.39 is 32.4 Å². The van der Waals surface area contributed by atoms with Crippen LogP contribution >= 0.6 is 0 Å². The number of benzene rings is 1. The lowest BCUT2D eigenvalue weighted by molar-refractivity contribution is -0.137. The standard InChI is InChI=1S/C22H36N2O5Si/c1-22(2,3)29-21(27)23-18(14-25)20(26)24-16(15-28-4)12-13-19(24)30(5,6)17-10-8-7-9-11-17/h7-11,16,18-19,25H,12-15H2,1-6H3,(H,23,27)/t16-,18-,19?/m0/s1. The molecule has 1 unspecified atom stereocenters. The van der Waals surface area contributed by atoms with Crippen LogP contribution in [0.15, 0.2) is 30.3 Å². The quantitative estimate of drug-likeness (QED) is 0.639. The van der Waals surface area contributed by atoms with E-state index in [1.54, 1.807) is 27.9 Å². The predicted octanol–water partition coefficient (Wildman–Crippen LogP) is 2.03. The number of hydrogen-bond donors (Lipinski definition) is 2. The summed E-state index contributed by atoms with van der Waals surface area (Å²) in [6, 6.07) is 9.16. The van der Waals surface area contributed by atoms with E-state index in [0.29, 0.717) is 6.61 Å². The number of carbonyl (C=O) groups is 2. The summed E-state index contributed by atoms with van der Waals surface area (Å²) in [5.74, 6) is -0.288. The van der Waals surface area contributed by atoms with E-state index in [-0.39, 0.29) is 17.6 Å². The van der Waals surface area contributed by atoms with Crippen molar-refractivity contribution in [2.45, 2.75) is 70.1 Å². The Morgan fingerprint density at radius 2 is 1.87 bits per heavy atom. The highest BCUT2D eigenvalue weighted by molar-refractivity contribution is 6.91. The van der Waals surface area contributed by atoms with Gasteiger partial charge in [0, 0.05) is 12.8 Å². The highest BCUT2D eigenvalue weighted by Crippen LogP contribution is 2.31. The minimum absolute atomic E-state index is 0.0436. The van der Waals surface area contributed by atoms with Gasteiger partial charge in [0.25, 0.3) is 0 Å². The maximum absolute atomic E-state index is 13.5.